The number of hydrogen-bond acceptors (Lipinski definition) is 3. The van der Waals surface area contributed by atoms with Gasteiger partial charge in [-0.05, 0) is 38.5 Å². The molecular weight excluding hydrogens is 268 g/mol. The van der Waals surface area contributed by atoms with E-state index in [1.165, 1.54) is 0 Å². The van der Waals surface area contributed by atoms with Crippen LogP contribution in [0.25, 0.3) is 0 Å². The first kappa shape index (κ1) is 13.3. The Kier molecular flexibility index (Phi) is 5.09. The Bertz CT molecular complexity index is 342. The molecule has 1 aromatic carbocycles. The number of rotatable bonds is 5. The van der Waals surface area contributed by atoms with Gasteiger partial charge in [0.2, 0.25) is 0 Å². The number of nitrogens with two attached hydrogens (primary N) is 1. The summed E-state index contributed by atoms with van der Waals surface area (Å²) in [7, 11) is 0. The third-order valence-electron chi connectivity index (χ3n) is 2.48. The molecule has 3 nitrogen and oxygen atoms in total. The molecule has 0 fully saturated rings. The molecule has 3 N–H and O–H groups in total. The summed E-state index contributed by atoms with van der Waals surface area (Å²) in [5.41, 5.74) is 7.80. The number of benzene rings is 1. The van der Waals surface area contributed by atoms with Gasteiger partial charge in [-0.25, -0.2) is 0 Å². The maximum absolute atomic E-state index is 8.89. The van der Waals surface area contributed by atoms with Crippen molar-refractivity contribution in [2.45, 2.75) is 26.3 Å². The first-order valence-corrected chi connectivity index (χ1v) is 6.28. The summed E-state index contributed by atoms with van der Waals surface area (Å²) in [6.45, 7) is 5.28. The lowest BCUT2D eigenvalue weighted by Gasteiger charge is -2.30. The van der Waals surface area contributed by atoms with Crippen molar-refractivity contribution in [1.82, 2.24) is 0 Å². The van der Waals surface area contributed by atoms with Crippen LogP contribution in [0.2, 0.25) is 0 Å². The second-order valence-corrected chi connectivity index (χ2v) is 4.98. The predicted octanol–water partition coefficient (Wildman–Crippen LogP) is 2.63. The number of anilines is 2. The summed E-state index contributed by atoms with van der Waals surface area (Å²) in [6.07, 6.45) is 0.758. The van der Waals surface area contributed by atoms with E-state index in [9.17, 15) is 0 Å². The molecule has 0 aliphatic rings. The fourth-order valence-corrected chi connectivity index (χ4v) is 2.06. The van der Waals surface area contributed by atoms with Gasteiger partial charge in [0.15, 0.2) is 0 Å². The van der Waals surface area contributed by atoms with Crippen molar-refractivity contribution < 1.29 is 5.11 Å². The van der Waals surface area contributed by atoms with Gasteiger partial charge in [-0.1, -0.05) is 15.9 Å². The van der Waals surface area contributed by atoms with E-state index in [-0.39, 0.29) is 6.61 Å². The lowest BCUT2D eigenvalue weighted by molar-refractivity contribution is 0.288. The van der Waals surface area contributed by atoms with Crippen LogP contribution in [0, 0.1) is 0 Å². The number of nitrogen functional groups attached to an aromatic ring is 1. The van der Waals surface area contributed by atoms with E-state index in [0.29, 0.717) is 6.04 Å². The van der Waals surface area contributed by atoms with E-state index < -0.39 is 0 Å². The number of halogens is 1. The van der Waals surface area contributed by atoms with E-state index in [4.69, 9.17) is 10.8 Å². The highest BCUT2D eigenvalue weighted by atomic mass is 79.9. The van der Waals surface area contributed by atoms with Crippen molar-refractivity contribution in [3.63, 3.8) is 0 Å². The quantitative estimate of drug-likeness (QED) is 0.818. The van der Waals surface area contributed by atoms with Crippen LogP contribution in [0.5, 0.6) is 0 Å². The molecule has 0 bridgehead atoms. The Balaban J connectivity index is 2.92. The van der Waals surface area contributed by atoms with Crippen molar-refractivity contribution in [2.75, 3.05) is 23.8 Å². The molecule has 0 atom stereocenters. The molecule has 0 spiro atoms. The van der Waals surface area contributed by atoms with Crippen molar-refractivity contribution >= 4 is 27.3 Å². The Labute approximate surface area is 105 Å². The Morgan fingerprint density at radius 1 is 1.44 bits per heavy atom. The lowest BCUT2D eigenvalue weighted by Crippen LogP contribution is -2.32. The normalized spacial score (nSPS) is 10.8. The minimum Gasteiger partial charge on any atom is -0.397 e. The average molecular weight is 287 g/mol. The van der Waals surface area contributed by atoms with Crippen LogP contribution in [-0.4, -0.2) is 24.3 Å². The monoisotopic (exact) mass is 286 g/mol. The van der Waals surface area contributed by atoms with Crippen molar-refractivity contribution in [1.29, 1.82) is 0 Å². The second kappa shape index (κ2) is 6.11. The summed E-state index contributed by atoms with van der Waals surface area (Å²) >= 11 is 3.40. The largest absolute Gasteiger partial charge is 0.397 e. The zero-order chi connectivity index (χ0) is 12.1. The molecule has 0 radical (unpaired) electrons. The van der Waals surface area contributed by atoms with Gasteiger partial charge in [-0.3, -0.25) is 0 Å². The van der Waals surface area contributed by atoms with Gasteiger partial charge in [0.05, 0.1) is 11.4 Å². The highest BCUT2D eigenvalue weighted by molar-refractivity contribution is 9.10. The van der Waals surface area contributed by atoms with Gasteiger partial charge in [-0.15, -0.1) is 0 Å². The molecule has 16 heavy (non-hydrogen) atoms. The Hall–Kier alpha value is -0.740. The maximum atomic E-state index is 8.89. The van der Waals surface area contributed by atoms with Gasteiger partial charge >= 0.3 is 0 Å². The minimum absolute atomic E-state index is 0.208. The van der Waals surface area contributed by atoms with Crippen LogP contribution in [0.4, 0.5) is 11.4 Å². The summed E-state index contributed by atoms with van der Waals surface area (Å²) in [5, 5.41) is 8.89. The number of aliphatic hydroxyl groups excluding tert-OH is 1. The summed E-state index contributed by atoms with van der Waals surface area (Å²) in [4.78, 5) is 2.21. The van der Waals surface area contributed by atoms with Crippen molar-refractivity contribution in [3.8, 4) is 0 Å². The lowest BCUT2D eigenvalue weighted by atomic mass is 10.2. The molecular formula is C12H19BrN2O. The third-order valence-corrected chi connectivity index (χ3v) is 2.97. The first-order valence-electron chi connectivity index (χ1n) is 5.48. The van der Waals surface area contributed by atoms with Gasteiger partial charge in [0, 0.05) is 23.7 Å². The average Bonchev–Trinajstić information content (AvgIpc) is 2.20. The first-order chi connectivity index (χ1) is 7.56. The second-order valence-electron chi connectivity index (χ2n) is 4.07. The third kappa shape index (κ3) is 3.39. The zero-order valence-electron chi connectivity index (χ0n) is 9.78. The van der Waals surface area contributed by atoms with E-state index >= 15 is 0 Å². The predicted molar refractivity (Wildman–Crippen MR) is 72.7 cm³/mol. The topological polar surface area (TPSA) is 49.5 Å². The van der Waals surface area contributed by atoms with E-state index in [2.05, 4.69) is 34.7 Å². The standard InChI is InChI=1S/C12H19BrN2O/c1-9(2)15(6-3-7-16)12-5-4-10(13)8-11(12)14/h4-5,8-9,16H,3,6-7,14H2,1-2H3. The van der Waals surface area contributed by atoms with Gasteiger partial charge < -0.3 is 15.7 Å². The van der Waals surface area contributed by atoms with Crippen molar-refractivity contribution in [2.24, 2.45) is 0 Å². The van der Waals surface area contributed by atoms with Crippen LogP contribution in [0.1, 0.15) is 20.3 Å². The Morgan fingerprint density at radius 2 is 2.12 bits per heavy atom. The highest BCUT2D eigenvalue weighted by Crippen LogP contribution is 2.28. The van der Waals surface area contributed by atoms with Crippen LogP contribution < -0.4 is 10.6 Å². The summed E-state index contributed by atoms with van der Waals surface area (Å²) in [6, 6.07) is 6.27. The number of nitrogens with zero attached hydrogens (tertiary/aromatic N) is 1. The SMILES string of the molecule is CC(C)N(CCCO)c1ccc(Br)cc1N. The molecule has 90 valence electrons. The Morgan fingerprint density at radius 3 is 2.62 bits per heavy atom. The van der Waals surface area contributed by atoms with Gasteiger partial charge in [-0.2, -0.15) is 0 Å². The highest BCUT2D eigenvalue weighted by Gasteiger charge is 2.12. The molecule has 0 saturated heterocycles. The molecule has 4 heteroatoms. The van der Waals surface area contributed by atoms with Crippen LogP contribution in [0.15, 0.2) is 22.7 Å². The van der Waals surface area contributed by atoms with Crippen molar-refractivity contribution in [3.05, 3.63) is 22.7 Å². The van der Waals surface area contributed by atoms with Gasteiger partial charge in [0.25, 0.3) is 0 Å². The van der Waals surface area contributed by atoms with Gasteiger partial charge in [0.1, 0.15) is 0 Å². The van der Waals surface area contributed by atoms with Crippen LogP contribution in [0.3, 0.4) is 0 Å². The minimum atomic E-state index is 0.208. The molecule has 0 unspecified atom stereocenters. The molecule has 1 rings (SSSR count). The molecule has 0 saturated carbocycles. The number of aliphatic hydroxyl groups is 1. The molecule has 0 amide bonds. The van der Waals surface area contributed by atoms with Crippen LogP contribution >= 0.6 is 15.9 Å². The zero-order valence-corrected chi connectivity index (χ0v) is 11.4. The van der Waals surface area contributed by atoms with E-state index in [0.717, 1.165) is 28.8 Å². The molecule has 0 heterocycles. The van der Waals surface area contributed by atoms with E-state index in [1.807, 2.05) is 18.2 Å². The fourth-order valence-electron chi connectivity index (χ4n) is 1.68. The number of hydrogen-bond donors (Lipinski definition) is 2. The van der Waals surface area contributed by atoms with Crippen LogP contribution in [-0.2, 0) is 0 Å². The molecule has 1 aromatic rings. The maximum Gasteiger partial charge on any atom is 0.0603 e. The molecule has 0 aliphatic heterocycles. The molecule has 0 aromatic heterocycles. The molecule has 0 aliphatic carbocycles. The summed E-state index contributed by atoms with van der Waals surface area (Å²) in [5.74, 6) is 0. The smallest absolute Gasteiger partial charge is 0.0603 e. The summed E-state index contributed by atoms with van der Waals surface area (Å²) < 4.78 is 0.986. The van der Waals surface area contributed by atoms with E-state index in [1.54, 1.807) is 0 Å². The fraction of sp³-hybridized carbons (Fsp3) is 0.500.